The number of thioether (sulfide) groups is 1. The van der Waals surface area contributed by atoms with Crippen molar-refractivity contribution in [2.45, 2.75) is 32.5 Å². The van der Waals surface area contributed by atoms with Crippen molar-refractivity contribution in [3.05, 3.63) is 30.3 Å². The second kappa shape index (κ2) is 8.65. The number of ether oxygens (including phenoxy) is 1. The highest BCUT2D eigenvalue weighted by Gasteiger charge is 2.48. The number of benzene rings is 1. The summed E-state index contributed by atoms with van der Waals surface area (Å²) in [4.78, 5) is 32.6. The molecule has 146 valence electrons. The van der Waals surface area contributed by atoms with Gasteiger partial charge >= 0.3 is 6.03 Å². The van der Waals surface area contributed by atoms with Gasteiger partial charge in [-0.25, -0.2) is 9.79 Å². The second-order valence-electron chi connectivity index (χ2n) is 7.06. The smallest absolute Gasteiger partial charge is 0.325 e. The Bertz CT molecular complexity index is 710. The van der Waals surface area contributed by atoms with E-state index in [9.17, 15) is 9.59 Å². The van der Waals surface area contributed by atoms with Crippen molar-refractivity contribution >= 4 is 28.9 Å². The number of hydrogen-bond acceptors (Lipinski definition) is 6. The maximum Gasteiger partial charge on any atom is 0.325 e. The Kier molecular flexibility index (Phi) is 6.26. The summed E-state index contributed by atoms with van der Waals surface area (Å²) in [6.07, 6.45) is 0.582. The number of urea groups is 1. The topological polar surface area (TPSA) is 74.2 Å². The number of carbonyl (C=O) groups excluding carboxylic acids is 2. The second-order valence-corrected chi connectivity index (χ2v) is 8.12. The van der Waals surface area contributed by atoms with Gasteiger partial charge < -0.3 is 14.5 Å². The molecule has 1 saturated heterocycles. The van der Waals surface area contributed by atoms with Crippen LogP contribution in [0, 0.1) is 5.92 Å². The average Bonchev–Trinajstić information content (AvgIpc) is 3.00. The third-order valence-corrected chi connectivity index (χ3v) is 5.63. The Morgan fingerprint density at radius 2 is 2.00 bits per heavy atom. The molecule has 2 aliphatic rings. The number of nitrogens with one attached hydrogen (secondary N) is 1. The molecule has 1 aromatic rings. The summed E-state index contributed by atoms with van der Waals surface area (Å²) in [5, 5.41) is 3.22. The van der Waals surface area contributed by atoms with E-state index in [2.05, 4.69) is 19.2 Å². The lowest BCUT2D eigenvalue weighted by Gasteiger charge is -2.36. The molecule has 0 aliphatic carbocycles. The van der Waals surface area contributed by atoms with Gasteiger partial charge in [0.1, 0.15) is 12.4 Å². The zero-order chi connectivity index (χ0) is 19.4. The molecule has 1 N–H and O–H groups in total. The average molecular weight is 391 g/mol. The highest BCUT2D eigenvalue weighted by Crippen LogP contribution is 2.29. The van der Waals surface area contributed by atoms with E-state index < -0.39 is 18.2 Å². The zero-order valence-electron chi connectivity index (χ0n) is 15.9. The molecule has 3 amide bonds. The van der Waals surface area contributed by atoms with Gasteiger partial charge in [-0.1, -0.05) is 43.8 Å². The summed E-state index contributed by atoms with van der Waals surface area (Å²) in [5.41, 5.74) is 0. The van der Waals surface area contributed by atoms with Gasteiger partial charge in [-0.15, -0.1) is 0 Å². The number of para-hydroxylation sites is 1. The van der Waals surface area contributed by atoms with Gasteiger partial charge in [-0.05, 0) is 24.5 Å². The third kappa shape index (κ3) is 4.55. The molecule has 1 aromatic carbocycles. The number of aliphatic imine (C=N–C) groups is 1. The number of amidine groups is 1. The maximum atomic E-state index is 12.5. The molecule has 2 atom stereocenters. The lowest BCUT2D eigenvalue weighted by Crippen LogP contribution is -2.63. The van der Waals surface area contributed by atoms with Crippen LogP contribution in [0.25, 0.3) is 0 Å². The fourth-order valence-corrected chi connectivity index (χ4v) is 4.35. The molecule has 27 heavy (non-hydrogen) atoms. The molecule has 3 rings (SSSR count). The van der Waals surface area contributed by atoms with Gasteiger partial charge in [0.15, 0.2) is 17.4 Å². The molecular weight excluding hydrogens is 364 g/mol. The number of rotatable bonds is 7. The van der Waals surface area contributed by atoms with E-state index >= 15 is 0 Å². The Hall–Kier alpha value is -2.22. The minimum Gasteiger partial charge on any atom is -0.492 e. The largest absolute Gasteiger partial charge is 0.492 e. The van der Waals surface area contributed by atoms with Crippen molar-refractivity contribution in [2.24, 2.45) is 10.9 Å². The minimum atomic E-state index is -0.506. The highest BCUT2D eigenvalue weighted by atomic mass is 32.2. The number of nitrogens with zero attached hydrogens (tertiary/aromatic N) is 3. The predicted molar refractivity (Wildman–Crippen MR) is 107 cm³/mol. The van der Waals surface area contributed by atoms with E-state index in [1.165, 1.54) is 4.90 Å². The van der Waals surface area contributed by atoms with Crippen LogP contribution in [0.15, 0.2) is 35.3 Å². The predicted octanol–water partition coefficient (Wildman–Crippen LogP) is 2.39. The van der Waals surface area contributed by atoms with Gasteiger partial charge in [0.2, 0.25) is 0 Å². The highest BCUT2D eigenvalue weighted by molar-refractivity contribution is 8.13. The molecule has 2 aliphatic heterocycles. The molecule has 0 radical (unpaired) electrons. The van der Waals surface area contributed by atoms with Crippen LogP contribution < -0.4 is 10.1 Å². The van der Waals surface area contributed by atoms with E-state index in [1.807, 2.05) is 35.2 Å². The molecule has 7 nitrogen and oxygen atoms in total. The van der Waals surface area contributed by atoms with Crippen LogP contribution in [0.2, 0.25) is 0 Å². The molecule has 8 heteroatoms. The Morgan fingerprint density at radius 3 is 2.70 bits per heavy atom. The van der Waals surface area contributed by atoms with Gasteiger partial charge in [0, 0.05) is 12.8 Å². The van der Waals surface area contributed by atoms with Crippen LogP contribution in [0.1, 0.15) is 20.3 Å². The van der Waals surface area contributed by atoms with Crippen LogP contribution in [0.3, 0.4) is 0 Å². The van der Waals surface area contributed by atoms with E-state index in [1.54, 1.807) is 18.8 Å². The summed E-state index contributed by atoms with van der Waals surface area (Å²) in [5.74, 6) is 2.01. The number of fused-ring (bicyclic) bond motifs is 1. The zero-order valence-corrected chi connectivity index (χ0v) is 16.7. The van der Waals surface area contributed by atoms with Crippen molar-refractivity contribution < 1.29 is 14.3 Å². The SMILES string of the molecule is CC(C)CCSC1=NC2C(C(=O)NC(=O)N2C)N1CCOc1ccccc1. The number of imide groups is 1. The van der Waals surface area contributed by atoms with Gasteiger partial charge in [-0.3, -0.25) is 10.1 Å². The summed E-state index contributed by atoms with van der Waals surface area (Å²) < 4.78 is 5.80. The van der Waals surface area contributed by atoms with Crippen molar-refractivity contribution in [3.63, 3.8) is 0 Å². The van der Waals surface area contributed by atoms with Gasteiger partial charge in [-0.2, -0.15) is 0 Å². The Balaban J connectivity index is 1.69. The first-order chi connectivity index (χ1) is 13.0. The molecule has 1 fully saturated rings. The lowest BCUT2D eigenvalue weighted by molar-refractivity contribution is -0.127. The number of amides is 3. The summed E-state index contributed by atoms with van der Waals surface area (Å²) in [6.45, 7) is 5.32. The normalized spacial score (nSPS) is 22.0. The van der Waals surface area contributed by atoms with E-state index in [-0.39, 0.29) is 5.91 Å². The fraction of sp³-hybridized carbons (Fsp3) is 0.526. The summed E-state index contributed by atoms with van der Waals surface area (Å²) in [7, 11) is 1.67. The first-order valence-electron chi connectivity index (χ1n) is 9.20. The van der Waals surface area contributed by atoms with Crippen molar-refractivity contribution in [1.29, 1.82) is 0 Å². The molecular formula is C19H26N4O3S. The standard InChI is InChI=1S/C19H26N4O3S/c1-13(2)9-12-27-19-20-16-15(17(24)21-18(25)22(16)3)23(19)10-11-26-14-7-5-4-6-8-14/h4-8,13,15-16H,9-12H2,1-3H3,(H,21,24,25). The monoisotopic (exact) mass is 390 g/mol. The third-order valence-electron chi connectivity index (χ3n) is 4.59. The molecule has 2 unspecified atom stereocenters. The summed E-state index contributed by atoms with van der Waals surface area (Å²) >= 11 is 1.64. The molecule has 0 spiro atoms. The number of hydrogen-bond donors (Lipinski definition) is 1. The van der Waals surface area contributed by atoms with Gasteiger partial charge in [0.25, 0.3) is 5.91 Å². The quantitative estimate of drug-likeness (QED) is 0.774. The molecule has 0 saturated carbocycles. The van der Waals surface area contributed by atoms with Crippen LogP contribution in [-0.4, -0.2) is 65.1 Å². The van der Waals surface area contributed by atoms with Crippen molar-refractivity contribution in [2.75, 3.05) is 26.0 Å². The first kappa shape index (κ1) is 19.5. The van der Waals surface area contributed by atoms with Crippen LogP contribution in [-0.2, 0) is 4.79 Å². The fourth-order valence-electron chi connectivity index (χ4n) is 3.02. The molecule has 0 bridgehead atoms. The molecule has 0 aromatic heterocycles. The number of carbonyl (C=O) groups is 2. The van der Waals surface area contributed by atoms with Crippen molar-refractivity contribution in [1.82, 2.24) is 15.1 Å². The summed E-state index contributed by atoms with van der Waals surface area (Å²) in [6, 6.07) is 8.67. The van der Waals surface area contributed by atoms with E-state index in [0.717, 1.165) is 23.1 Å². The minimum absolute atomic E-state index is 0.300. The van der Waals surface area contributed by atoms with Crippen LogP contribution in [0.4, 0.5) is 4.79 Å². The van der Waals surface area contributed by atoms with E-state index in [4.69, 9.17) is 9.73 Å². The van der Waals surface area contributed by atoms with Crippen LogP contribution in [0.5, 0.6) is 5.75 Å². The first-order valence-corrected chi connectivity index (χ1v) is 10.2. The van der Waals surface area contributed by atoms with Crippen LogP contribution >= 0.6 is 11.8 Å². The van der Waals surface area contributed by atoms with Gasteiger partial charge in [0.05, 0.1) is 6.54 Å². The van der Waals surface area contributed by atoms with E-state index in [0.29, 0.717) is 19.1 Å². The molecule has 2 heterocycles. The maximum absolute atomic E-state index is 12.5. The Morgan fingerprint density at radius 1 is 1.26 bits per heavy atom. The Labute approximate surface area is 164 Å². The number of likely N-dealkylation sites (N-methyl/N-ethyl adjacent to an activating group) is 1. The lowest BCUT2D eigenvalue weighted by atomic mass is 10.1. The van der Waals surface area contributed by atoms with Crippen molar-refractivity contribution in [3.8, 4) is 5.75 Å².